The van der Waals surface area contributed by atoms with Crippen LogP contribution < -0.4 is 10.2 Å². The van der Waals surface area contributed by atoms with Crippen molar-refractivity contribution in [1.29, 1.82) is 0 Å². The number of aromatic nitrogens is 5. The molecule has 0 unspecified atom stereocenters. The number of benzene rings is 1. The van der Waals surface area contributed by atoms with Gasteiger partial charge in [-0.15, -0.1) is 15.3 Å². The van der Waals surface area contributed by atoms with Gasteiger partial charge in [0.2, 0.25) is 17.7 Å². The van der Waals surface area contributed by atoms with Gasteiger partial charge in [0, 0.05) is 24.0 Å². The highest BCUT2D eigenvalue weighted by Gasteiger charge is 2.23. The van der Waals surface area contributed by atoms with Crippen molar-refractivity contribution >= 4 is 41.2 Å². The largest absolute Gasteiger partial charge is 0.408 e. The maximum Gasteiger partial charge on any atom is 0.322 e. The van der Waals surface area contributed by atoms with E-state index in [0.717, 1.165) is 37.6 Å². The zero-order valence-electron chi connectivity index (χ0n) is 16.7. The van der Waals surface area contributed by atoms with E-state index in [1.54, 1.807) is 0 Å². The quantitative estimate of drug-likeness (QED) is 0.546. The van der Waals surface area contributed by atoms with Gasteiger partial charge >= 0.3 is 6.01 Å². The third-order valence-corrected chi connectivity index (χ3v) is 5.75. The first kappa shape index (κ1) is 20.7. The number of anilines is 2. The van der Waals surface area contributed by atoms with Crippen LogP contribution in [-0.2, 0) is 4.79 Å². The highest BCUT2D eigenvalue weighted by molar-refractivity contribution is 7.99. The van der Waals surface area contributed by atoms with Gasteiger partial charge in [-0.1, -0.05) is 48.4 Å². The van der Waals surface area contributed by atoms with Crippen LogP contribution in [0.1, 0.15) is 38.5 Å². The van der Waals surface area contributed by atoms with Gasteiger partial charge in [0.1, 0.15) is 0 Å². The Morgan fingerprint density at radius 2 is 2.03 bits per heavy atom. The second kappa shape index (κ2) is 9.05. The topological polar surface area (TPSA) is 102 Å². The van der Waals surface area contributed by atoms with Crippen LogP contribution in [0, 0.1) is 0 Å². The summed E-state index contributed by atoms with van der Waals surface area (Å²) in [7, 11) is 0. The molecule has 0 atom stereocenters. The van der Waals surface area contributed by atoms with Crippen molar-refractivity contribution in [2.45, 2.75) is 37.8 Å². The lowest BCUT2D eigenvalue weighted by atomic mass is 10.2. The summed E-state index contributed by atoms with van der Waals surface area (Å²) in [5.41, 5.74) is 0.857. The van der Waals surface area contributed by atoms with Crippen LogP contribution in [0.2, 0.25) is 5.02 Å². The molecular weight excluding hydrogens is 426 g/mol. The number of rotatable bonds is 7. The van der Waals surface area contributed by atoms with Crippen LogP contribution in [-0.4, -0.2) is 49.7 Å². The molecule has 3 heterocycles. The van der Waals surface area contributed by atoms with Gasteiger partial charge in [0.05, 0.1) is 11.4 Å². The monoisotopic (exact) mass is 447 g/mol. The summed E-state index contributed by atoms with van der Waals surface area (Å²) < 4.78 is 7.37. The van der Waals surface area contributed by atoms with E-state index in [9.17, 15) is 4.79 Å². The predicted octanol–water partition coefficient (Wildman–Crippen LogP) is 3.76. The summed E-state index contributed by atoms with van der Waals surface area (Å²) in [5, 5.41) is 20.4. The fourth-order valence-corrected chi connectivity index (χ4v) is 4.05. The van der Waals surface area contributed by atoms with E-state index in [4.69, 9.17) is 16.0 Å². The normalized spacial score (nSPS) is 13.9. The van der Waals surface area contributed by atoms with E-state index in [0.29, 0.717) is 16.1 Å². The lowest BCUT2D eigenvalue weighted by Gasteiger charge is -2.18. The standard InChI is InChI=1S/C19H22ClN7O2S/c1-12(2)16-22-23-17(29-16)21-15(28)11-30-19-25-24-18(26-8-3-4-9-26)27(19)14-7-5-6-13(20)10-14/h5-7,10,12H,3-4,8-9,11H2,1-2H3,(H,21,23,28). The molecule has 0 radical (unpaired) electrons. The third kappa shape index (κ3) is 4.59. The maximum atomic E-state index is 12.4. The van der Waals surface area contributed by atoms with Crippen LogP contribution in [0.4, 0.5) is 12.0 Å². The Labute approximate surface area is 183 Å². The Kier molecular flexibility index (Phi) is 6.24. The summed E-state index contributed by atoms with van der Waals surface area (Å²) >= 11 is 7.49. The smallest absolute Gasteiger partial charge is 0.322 e. The number of carbonyl (C=O) groups excluding carboxylic acids is 1. The van der Waals surface area contributed by atoms with Gasteiger partial charge < -0.3 is 9.32 Å². The second-order valence-corrected chi connectivity index (χ2v) is 8.61. The Morgan fingerprint density at radius 1 is 1.23 bits per heavy atom. The fraction of sp³-hybridized carbons (Fsp3) is 0.421. The molecular formula is C19H22ClN7O2S. The molecule has 11 heteroatoms. The maximum absolute atomic E-state index is 12.4. The highest BCUT2D eigenvalue weighted by atomic mass is 35.5. The van der Waals surface area contributed by atoms with E-state index in [-0.39, 0.29) is 23.6 Å². The average Bonchev–Trinajstić information content (AvgIpc) is 3.46. The minimum absolute atomic E-state index is 0.0952. The number of carbonyl (C=O) groups is 1. The van der Waals surface area contributed by atoms with Crippen LogP contribution in [0.5, 0.6) is 0 Å². The Balaban J connectivity index is 1.51. The van der Waals surface area contributed by atoms with Crippen LogP contribution >= 0.6 is 23.4 Å². The number of hydrogen-bond donors (Lipinski definition) is 1. The van der Waals surface area contributed by atoms with Gasteiger partial charge in [0.25, 0.3) is 0 Å². The van der Waals surface area contributed by atoms with Crippen LogP contribution in [0.15, 0.2) is 33.8 Å². The van der Waals surface area contributed by atoms with Gasteiger partial charge in [-0.2, -0.15) is 0 Å². The number of nitrogens with zero attached hydrogens (tertiary/aromatic N) is 6. The molecule has 0 aliphatic carbocycles. The third-order valence-electron chi connectivity index (χ3n) is 4.58. The Morgan fingerprint density at radius 3 is 2.73 bits per heavy atom. The lowest BCUT2D eigenvalue weighted by Crippen LogP contribution is -2.22. The molecule has 1 N–H and O–H groups in total. The number of hydrogen-bond acceptors (Lipinski definition) is 8. The van der Waals surface area contributed by atoms with Crippen molar-refractivity contribution in [3.05, 3.63) is 35.2 Å². The molecule has 158 valence electrons. The second-order valence-electron chi connectivity index (χ2n) is 7.23. The molecule has 3 aromatic rings. The summed E-state index contributed by atoms with van der Waals surface area (Å²) in [6.45, 7) is 5.74. The molecule has 0 bridgehead atoms. The van der Waals surface area contributed by atoms with Gasteiger partial charge in [0.15, 0.2) is 5.16 Å². The molecule has 0 spiro atoms. The van der Waals surface area contributed by atoms with Crippen molar-refractivity contribution in [2.75, 3.05) is 29.1 Å². The molecule has 1 amide bonds. The molecule has 1 fully saturated rings. The van der Waals surface area contributed by atoms with Crippen molar-refractivity contribution < 1.29 is 9.21 Å². The summed E-state index contributed by atoms with van der Waals surface area (Å²) in [5.74, 6) is 1.20. The number of thioether (sulfide) groups is 1. The van der Waals surface area contributed by atoms with E-state index in [1.807, 2.05) is 42.7 Å². The van der Waals surface area contributed by atoms with Crippen LogP contribution in [0.3, 0.4) is 0 Å². The Hall–Kier alpha value is -2.59. The molecule has 9 nitrogen and oxygen atoms in total. The van der Waals surface area contributed by atoms with Crippen molar-refractivity contribution in [3.8, 4) is 5.69 Å². The molecule has 1 aromatic carbocycles. The van der Waals surface area contributed by atoms with Gasteiger partial charge in [-0.3, -0.25) is 14.7 Å². The SMILES string of the molecule is CC(C)c1nnc(NC(=O)CSc2nnc(N3CCCC3)n2-c2cccc(Cl)c2)o1. The zero-order chi connectivity index (χ0) is 21.1. The molecule has 0 saturated carbocycles. The first-order valence-electron chi connectivity index (χ1n) is 9.73. The minimum Gasteiger partial charge on any atom is -0.408 e. The van der Waals surface area contributed by atoms with E-state index in [1.165, 1.54) is 11.8 Å². The van der Waals surface area contributed by atoms with E-state index in [2.05, 4.69) is 30.6 Å². The van der Waals surface area contributed by atoms with Crippen molar-refractivity contribution in [1.82, 2.24) is 25.0 Å². The summed E-state index contributed by atoms with van der Waals surface area (Å²) in [4.78, 5) is 14.6. The molecule has 1 saturated heterocycles. The number of amides is 1. The number of nitrogens with one attached hydrogen (secondary N) is 1. The summed E-state index contributed by atoms with van der Waals surface area (Å²) in [6, 6.07) is 7.61. The Bertz CT molecular complexity index is 1030. The van der Waals surface area contributed by atoms with E-state index < -0.39 is 0 Å². The van der Waals surface area contributed by atoms with Crippen LogP contribution in [0.25, 0.3) is 5.69 Å². The molecule has 1 aliphatic rings. The first-order chi connectivity index (χ1) is 14.5. The molecule has 30 heavy (non-hydrogen) atoms. The van der Waals surface area contributed by atoms with Crippen molar-refractivity contribution in [2.24, 2.45) is 0 Å². The van der Waals surface area contributed by atoms with E-state index >= 15 is 0 Å². The summed E-state index contributed by atoms with van der Waals surface area (Å²) in [6.07, 6.45) is 2.24. The fourth-order valence-electron chi connectivity index (χ4n) is 3.12. The first-order valence-corrected chi connectivity index (χ1v) is 11.1. The zero-order valence-corrected chi connectivity index (χ0v) is 18.3. The number of halogens is 1. The highest BCUT2D eigenvalue weighted by Crippen LogP contribution is 2.29. The minimum atomic E-state index is -0.262. The lowest BCUT2D eigenvalue weighted by molar-refractivity contribution is -0.113. The molecule has 2 aromatic heterocycles. The molecule has 4 rings (SSSR count). The van der Waals surface area contributed by atoms with Gasteiger partial charge in [-0.05, 0) is 31.0 Å². The average molecular weight is 448 g/mol. The van der Waals surface area contributed by atoms with Gasteiger partial charge in [-0.25, -0.2) is 0 Å². The predicted molar refractivity (Wildman–Crippen MR) is 116 cm³/mol. The molecule has 1 aliphatic heterocycles. The van der Waals surface area contributed by atoms with Crippen molar-refractivity contribution in [3.63, 3.8) is 0 Å².